The lowest BCUT2D eigenvalue weighted by atomic mass is 10.0. The molecule has 0 aliphatic carbocycles. The fourth-order valence-corrected chi connectivity index (χ4v) is 3.66. The van der Waals surface area contributed by atoms with Gasteiger partial charge >= 0.3 is 6.03 Å². The summed E-state index contributed by atoms with van der Waals surface area (Å²) < 4.78 is 18.8. The zero-order valence-corrected chi connectivity index (χ0v) is 16.6. The molecule has 1 N–H and O–H groups in total. The van der Waals surface area contributed by atoms with Crippen LogP contribution in [-0.2, 0) is 6.54 Å². The number of aromatic nitrogens is 2. The van der Waals surface area contributed by atoms with Crippen molar-refractivity contribution in [2.24, 2.45) is 0 Å². The molecule has 0 unspecified atom stereocenters. The second kappa shape index (κ2) is 7.24. The first-order valence-corrected chi connectivity index (χ1v) is 9.40. The van der Waals surface area contributed by atoms with Crippen LogP contribution in [0.15, 0.2) is 54.9 Å². The minimum atomic E-state index is -0.414. The first kappa shape index (κ1) is 19.0. The topological polar surface area (TPSA) is 61.5 Å². The Morgan fingerprint density at radius 1 is 1.17 bits per heavy atom. The number of ether oxygens (including phenoxy) is 1. The van der Waals surface area contributed by atoms with Crippen LogP contribution in [0.1, 0.15) is 19.4 Å². The van der Waals surface area contributed by atoms with Crippen molar-refractivity contribution in [1.82, 2.24) is 15.1 Å². The number of nitrogens with zero attached hydrogens (tertiary/aromatic N) is 3. The van der Waals surface area contributed by atoms with E-state index in [-0.39, 0.29) is 17.3 Å². The highest BCUT2D eigenvalue weighted by Crippen LogP contribution is 2.33. The number of nitrogens with one attached hydrogen (secondary N) is 1. The molecule has 0 atom stereocenters. The molecule has 0 saturated carbocycles. The van der Waals surface area contributed by atoms with Crippen molar-refractivity contribution in [3.05, 3.63) is 66.2 Å². The first-order chi connectivity index (χ1) is 13.9. The Bertz CT molecular complexity index is 1020. The van der Waals surface area contributed by atoms with E-state index in [2.05, 4.69) is 10.2 Å². The normalized spacial score (nSPS) is 15.8. The van der Waals surface area contributed by atoms with Crippen molar-refractivity contribution in [2.45, 2.75) is 25.9 Å². The van der Waals surface area contributed by atoms with Crippen LogP contribution in [-0.4, -0.2) is 40.3 Å². The third-order valence-electron chi connectivity index (χ3n) is 5.30. The van der Waals surface area contributed by atoms with Crippen molar-refractivity contribution in [3.63, 3.8) is 0 Å². The van der Waals surface area contributed by atoms with Crippen LogP contribution in [0, 0.1) is 5.82 Å². The average Bonchev–Trinajstić information content (AvgIpc) is 3.32. The van der Waals surface area contributed by atoms with E-state index in [9.17, 15) is 9.18 Å². The van der Waals surface area contributed by atoms with E-state index in [0.717, 1.165) is 22.4 Å². The summed E-state index contributed by atoms with van der Waals surface area (Å²) in [5.74, 6) is -0.235. The highest BCUT2D eigenvalue weighted by Gasteiger charge is 2.43. The number of amides is 2. The molecular formula is C22H23FN4O2. The molecule has 4 rings (SSSR count). The number of aromatic amines is 1. The number of anilines is 1. The second-order valence-electron chi connectivity index (χ2n) is 7.77. The van der Waals surface area contributed by atoms with Gasteiger partial charge in [-0.25, -0.2) is 9.18 Å². The molecule has 7 heteroatoms. The standard InChI is InChI=1S/C22H23FN4O2/c1-22(2)14-26(18-7-5-16(6-8-18)17-11-24-25-12-17)21(28)27(22)13-15-4-9-19(23)20(10-15)29-3/h4-12H,13-14H2,1-3H3,(H,24,25). The predicted molar refractivity (Wildman–Crippen MR) is 109 cm³/mol. The molecule has 1 saturated heterocycles. The minimum Gasteiger partial charge on any atom is -0.494 e. The Morgan fingerprint density at radius 3 is 2.59 bits per heavy atom. The van der Waals surface area contributed by atoms with Crippen molar-refractivity contribution in [1.29, 1.82) is 0 Å². The Hall–Kier alpha value is -3.35. The smallest absolute Gasteiger partial charge is 0.325 e. The fourth-order valence-electron chi connectivity index (χ4n) is 3.66. The molecule has 0 spiro atoms. The molecule has 2 amide bonds. The molecule has 150 valence electrons. The van der Waals surface area contributed by atoms with Gasteiger partial charge in [0, 0.05) is 24.0 Å². The van der Waals surface area contributed by atoms with Crippen molar-refractivity contribution in [3.8, 4) is 16.9 Å². The van der Waals surface area contributed by atoms with Gasteiger partial charge in [-0.3, -0.25) is 10.00 Å². The molecular weight excluding hydrogens is 371 g/mol. The summed E-state index contributed by atoms with van der Waals surface area (Å²) in [4.78, 5) is 16.8. The van der Waals surface area contributed by atoms with E-state index < -0.39 is 5.82 Å². The molecule has 2 heterocycles. The van der Waals surface area contributed by atoms with Crippen LogP contribution < -0.4 is 9.64 Å². The molecule has 29 heavy (non-hydrogen) atoms. The number of carbonyl (C=O) groups is 1. The summed E-state index contributed by atoms with van der Waals surface area (Å²) in [6, 6.07) is 12.5. The zero-order chi connectivity index (χ0) is 20.6. The average molecular weight is 394 g/mol. The molecule has 2 aromatic carbocycles. The lowest BCUT2D eigenvalue weighted by molar-refractivity contribution is 0.172. The van der Waals surface area contributed by atoms with Gasteiger partial charge in [-0.1, -0.05) is 18.2 Å². The molecule has 1 aromatic heterocycles. The number of H-pyrrole nitrogens is 1. The lowest BCUT2D eigenvalue weighted by Crippen LogP contribution is -2.41. The Labute approximate surface area is 168 Å². The van der Waals surface area contributed by atoms with Gasteiger partial charge < -0.3 is 9.64 Å². The first-order valence-electron chi connectivity index (χ1n) is 9.40. The number of carbonyl (C=O) groups excluding carboxylic acids is 1. The van der Waals surface area contributed by atoms with Gasteiger partial charge in [-0.05, 0) is 49.2 Å². The van der Waals surface area contributed by atoms with E-state index in [4.69, 9.17) is 4.74 Å². The van der Waals surface area contributed by atoms with E-state index in [1.807, 2.05) is 49.2 Å². The largest absolute Gasteiger partial charge is 0.494 e. The van der Waals surface area contributed by atoms with Gasteiger partial charge in [0.2, 0.25) is 0 Å². The monoisotopic (exact) mass is 394 g/mol. The van der Waals surface area contributed by atoms with Crippen molar-refractivity contribution < 1.29 is 13.9 Å². The van der Waals surface area contributed by atoms with Crippen LogP contribution >= 0.6 is 0 Å². The zero-order valence-electron chi connectivity index (χ0n) is 16.6. The van der Waals surface area contributed by atoms with Crippen molar-refractivity contribution in [2.75, 3.05) is 18.6 Å². The SMILES string of the molecule is COc1cc(CN2C(=O)N(c3ccc(-c4cn[nH]c4)cc3)CC2(C)C)ccc1F. The van der Waals surface area contributed by atoms with Gasteiger partial charge in [-0.2, -0.15) is 5.10 Å². The minimum absolute atomic E-state index is 0.0747. The fraction of sp³-hybridized carbons (Fsp3) is 0.273. The van der Waals surface area contributed by atoms with Crippen LogP contribution in [0.4, 0.5) is 14.9 Å². The van der Waals surface area contributed by atoms with Gasteiger partial charge in [0.15, 0.2) is 11.6 Å². The molecule has 0 bridgehead atoms. The van der Waals surface area contributed by atoms with Gasteiger partial charge in [0.05, 0.1) is 25.4 Å². The second-order valence-corrected chi connectivity index (χ2v) is 7.77. The van der Waals surface area contributed by atoms with Gasteiger partial charge in [0.1, 0.15) is 0 Å². The van der Waals surface area contributed by atoms with Gasteiger partial charge in [-0.15, -0.1) is 0 Å². The summed E-state index contributed by atoms with van der Waals surface area (Å²) in [5, 5.41) is 6.77. The molecule has 0 radical (unpaired) electrons. The van der Waals surface area contributed by atoms with E-state index in [1.54, 1.807) is 23.2 Å². The molecule has 1 fully saturated rings. The number of benzene rings is 2. The number of rotatable bonds is 5. The summed E-state index contributed by atoms with van der Waals surface area (Å²) in [6.07, 6.45) is 3.59. The Kier molecular flexibility index (Phi) is 4.74. The number of halogens is 1. The van der Waals surface area contributed by atoms with Crippen LogP contribution in [0.3, 0.4) is 0 Å². The Balaban J connectivity index is 1.56. The highest BCUT2D eigenvalue weighted by atomic mass is 19.1. The third-order valence-corrected chi connectivity index (χ3v) is 5.30. The number of methoxy groups -OCH3 is 1. The lowest BCUT2D eigenvalue weighted by Gasteiger charge is -2.29. The molecule has 3 aromatic rings. The molecule has 1 aliphatic rings. The van der Waals surface area contributed by atoms with E-state index in [0.29, 0.717) is 13.1 Å². The number of hydrogen-bond donors (Lipinski definition) is 1. The van der Waals surface area contributed by atoms with Crippen LogP contribution in [0.5, 0.6) is 5.75 Å². The summed E-state index contributed by atoms with van der Waals surface area (Å²) >= 11 is 0. The van der Waals surface area contributed by atoms with Crippen LogP contribution in [0.25, 0.3) is 11.1 Å². The summed E-state index contributed by atoms with van der Waals surface area (Å²) in [6.45, 7) is 5.01. The Morgan fingerprint density at radius 2 is 1.93 bits per heavy atom. The van der Waals surface area contributed by atoms with E-state index in [1.165, 1.54) is 13.2 Å². The van der Waals surface area contributed by atoms with Gasteiger partial charge in [0.25, 0.3) is 0 Å². The molecule has 1 aliphatic heterocycles. The number of urea groups is 1. The van der Waals surface area contributed by atoms with E-state index >= 15 is 0 Å². The highest BCUT2D eigenvalue weighted by molar-refractivity contribution is 5.95. The maximum atomic E-state index is 13.7. The predicted octanol–water partition coefficient (Wildman–Crippen LogP) is 4.45. The van der Waals surface area contributed by atoms with Crippen molar-refractivity contribution >= 4 is 11.7 Å². The van der Waals surface area contributed by atoms with Crippen LogP contribution in [0.2, 0.25) is 0 Å². The maximum absolute atomic E-state index is 13.7. The maximum Gasteiger partial charge on any atom is 0.325 e. The number of hydrogen-bond acceptors (Lipinski definition) is 3. The molecule has 6 nitrogen and oxygen atoms in total. The quantitative estimate of drug-likeness (QED) is 0.696. The third kappa shape index (κ3) is 3.55. The summed E-state index contributed by atoms with van der Waals surface area (Å²) in [5.41, 5.74) is 3.32. The summed E-state index contributed by atoms with van der Waals surface area (Å²) in [7, 11) is 1.43.